The molecule has 102 valence electrons. The first-order valence-corrected chi connectivity index (χ1v) is 5.76. The Hall–Kier alpha value is -0.690. The summed E-state index contributed by atoms with van der Waals surface area (Å²) < 4.78 is 15.5. The van der Waals surface area contributed by atoms with Gasteiger partial charge in [-0.3, -0.25) is 16.1 Å². The lowest BCUT2D eigenvalue weighted by Crippen LogP contribution is -2.27. The van der Waals surface area contributed by atoms with Crippen LogP contribution in [0, 0.1) is 0 Å². The van der Waals surface area contributed by atoms with Crippen molar-refractivity contribution in [1.29, 1.82) is 0 Å². The van der Waals surface area contributed by atoms with E-state index >= 15 is 0 Å². The summed E-state index contributed by atoms with van der Waals surface area (Å²) in [5.41, 5.74) is 2.04. The van der Waals surface area contributed by atoms with Crippen LogP contribution < -0.4 is 11.3 Å². The molecule has 0 atom stereocenters. The van der Waals surface area contributed by atoms with Gasteiger partial charge in [0.2, 0.25) is 0 Å². The normalized spacial score (nSPS) is 11.5. The van der Waals surface area contributed by atoms with Gasteiger partial charge in [0.1, 0.15) is 5.60 Å². The summed E-state index contributed by atoms with van der Waals surface area (Å²) in [4.78, 5) is 11.3. The average molecular weight is 248 g/mol. The van der Waals surface area contributed by atoms with Crippen LogP contribution in [0.1, 0.15) is 27.2 Å². The molecule has 0 bridgehead atoms. The first kappa shape index (κ1) is 16.3. The second-order valence-electron chi connectivity index (χ2n) is 4.52. The van der Waals surface area contributed by atoms with Gasteiger partial charge in [-0.2, -0.15) is 0 Å². The molecule has 0 saturated heterocycles. The van der Waals surface area contributed by atoms with Gasteiger partial charge in [0, 0.05) is 6.54 Å². The predicted molar refractivity (Wildman–Crippen MR) is 64.3 cm³/mol. The molecule has 0 aromatic rings. The molecular formula is C11H24N2O4. The second-order valence-corrected chi connectivity index (χ2v) is 4.52. The molecule has 6 nitrogen and oxygen atoms in total. The first-order valence-electron chi connectivity index (χ1n) is 5.76. The largest absolute Gasteiger partial charge is 0.460 e. The zero-order chi connectivity index (χ0) is 13.1. The topological polar surface area (TPSA) is 82.8 Å². The van der Waals surface area contributed by atoms with Gasteiger partial charge < -0.3 is 14.2 Å². The van der Waals surface area contributed by atoms with Gasteiger partial charge >= 0.3 is 5.97 Å². The molecule has 0 aliphatic rings. The highest BCUT2D eigenvalue weighted by Gasteiger charge is 2.15. The van der Waals surface area contributed by atoms with Crippen molar-refractivity contribution in [2.45, 2.75) is 32.8 Å². The van der Waals surface area contributed by atoms with Crippen molar-refractivity contribution in [3.8, 4) is 0 Å². The van der Waals surface area contributed by atoms with Crippen LogP contribution in [0.3, 0.4) is 0 Å². The van der Waals surface area contributed by atoms with Crippen molar-refractivity contribution in [2.24, 2.45) is 5.84 Å². The number of carbonyl (C=O) groups excluding carboxylic acids is 1. The van der Waals surface area contributed by atoms with Crippen LogP contribution in [0.4, 0.5) is 0 Å². The molecule has 0 saturated carbocycles. The highest BCUT2D eigenvalue weighted by Crippen LogP contribution is 2.07. The minimum atomic E-state index is -0.435. The van der Waals surface area contributed by atoms with E-state index in [1.54, 1.807) is 0 Å². The molecule has 0 amide bonds. The van der Waals surface area contributed by atoms with Crippen molar-refractivity contribution >= 4 is 5.97 Å². The highest BCUT2D eigenvalue weighted by molar-refractivity contribution is 5.69. The summed E-state index contributed by atoms with van der Waals surface area (Å²) in [6.07, 6.45) is 0.266. The van der Waals surface area contributed by atoms with E-state index in [0.29, 0.717) is 33.0 Å². The third kappa shape index (κ3) is 13.2. The van der Waals surface area contributed by atoms with Crippen LogP contribution >= 0.6 is 0 Å². The Morgan fingerprint density at radius 1 is 1.12 bits per heavy atom. The summed E-state index contributed by atoms with van der Waals surface area (Å²) in [5, 5.41) is 0. The van der Waals surface area contributed by atoms with Gasteiger partial charge in [-0.1, -0.05) is 0 Å². The quantitative estimate of drug-likeness (QED) is 0.263. The number of nitrogens with two attached hydrogens (primary N) is 1. The minimum absolute atomic E-state index is 0.245. The summed E-state index contributed by atoms with van der Waals surface area (Å²) >= 11 is 0. The summed E-state index contributed by atoms with van der Waals surface area (Å²) in [7, 11) is 0. The molecule has 17 heavy (non-hydrogen) atoms. The molecule has 0 fully saturated rings. The minimum Gasteiger partial charge on any atom is -0.460 e. The van der Waals surface area contributed by atoms with E-state index in [2.05, 4.69) is 5.43 Å². The lowest BCUT2D eigenvalue weighted by molar-refractivity contribution is -0.156. The van der Waals surface area contributed by atoms with Crippen molar-refractivity contribution in [3.63, 3.8) is 0 Å². The van der Waals surface area contributed by atoms with E-state index in [0.717, 1.165) is 0 Å². The molecule has 0 aliphatic heterocycles. The number of rotatable bonds is 9. The van der Waals surface area contributed by atoms with Crippen LogP contribution in [0.2, 0.25) is 0 Å². The van der Waals surface area contributed by atoms with Crippen molar-refractivity contribution < 1.29 is 19.0 Å². The van der Waals surface area contributed by atoms with E-state index in [1.807, 2.05) is 20.8 Å². The van der Waals surface area contributed by atoms with Crippen LogP contribution in [0.15, 0.2) is 0 Å². The van der Waals surface area contributed by atoms with Crippen LogP contribution in [0.25, 0.3) is 0 Å². The van der Waals surface area contributed by atoms with Gasteiger partial charge in [-0.05, 0) is 20.8 Å². The molecule has 6 heteroatoms. The van der Waals surface area contributed by atoms with E-state index < -0.39 is 5.60 Å². The smallest absolute Gasteiger partial charge is 0.308 e. The Labute approximate surface area is 103 Å². The number of nitrogens with one attached hydrogen (secondary N) is 1. The fourth-order valence-electron chi connectivity index (χ4n) is 1.00. The van der Waals surface area contributed by atoms with Gasteiger partial charge in [0.05, 0.1) is 32.8 Å². The van der Waals surface area contributed by atoms with Gasteiger partial charge in [0.25, 0.3) is 0 Å². The Morgan fingerprint density at radius 2 is 1.71 bits per heavy atom. The van der Waals surface area contributed by atoms with Crippen LogP contribution in [-0.4, -0.2) is 44.5 Å². The molecule has 3 N–H and O–H groups in total. The SMILES string of the molecule is CC(C)(C)OC(=O)CCOCCOCCNN. The summed E-state index contributed by atoms with van der Waals surface area (Å²) in [5.74, 6) is 4.82. The van der Waals surface area contributed by atoms with Crippen molar-refractivity contribution in [2.75, 3.05) is 33.0 Å². The highest BCUT2D eigenvalue weighted by atomic mass is 16.6. The molecule has 0 rings (SSSR count). The Morgan fingerprint density at radius 3 is 2.24 bits per heavy atom. The second kappa shape index (κ2) is 9.35. The summed E-state index contributed by atoms with van der Waals surface area (Å²) in [6.45, 7) is 7.99. The zero-order valence-corrected chi connectivity index (χ0v) is 11.0. The number of carbonyl (C=O) groups is 1. The molecule has 0 heterocycles. The Bertz CT molecular complexity index is 204. The first-order chi connectivity index (χ1) is 7.95. The number of hydrogen-bond donors (Lipinski definition) is 2. The molecule has 0 unspecified atom stereocenters. The third-order valence-corrected chi connectivity index (χ3v) is 1.63. The molecular weight excluding hydrogens is 224 g/mol. The van der Waals surface area contributed by atoms with Gasteiger partial charge in [-0.15, -0.1) is 0 Å². The van der Waals surface area contributed by atoms with Crippen molar-refractivity contribution in [1.82, 2.24) is 5.43 Å². The molecule has 0 spiro atoms. The monoisotopic (exact) mass is 248 g/mol. The van der Waals surface area contributed by atoms with E-state index in [1.165, 1.54) is 0 Å². The zero-order valence-electron chi connectivity index (χ0n) is 11.0. The van der Waals surface area contributed by atoms with Crippen LogP contribution in [0.5, 0.6) is 0 Å². The van der Waals surface area contributed by atoms with Crippen LogP contribution in [-0.2, 0) is 19.0 Å². The molecule has 0 aliphatic carbocycles. The number of ether oxygens (including phenoxy) is 3. The van der Waals surface area contributed by atoms with Gasteiger partial charge in [-0.25, -0.2) is 0 Å². The number of esters is 1. The van der Waals surface area contributed by atoms with Crippen molar-refractivity contribution in [3.05, 3.63) is 0 Å². The molecule has 0 radical (unpaired) electrons. The fourth-order valence-corrected chi connectivity index (χ4v) is 1.00. The maximum Gasteiger partial charge on any atom is 0.308 e. The van der Waals surface area contributed by atoms with Gasteiger partial charge in [0.15, 0.2) is 0 Å². The van der Waals surface area contributed by atoms with E-state index in [9.17, 15) is 4.79 Å². The molecule has 0 aromatic carbocycles. The number of hydrogen-bond acceptors (Lipinski definition) is 6. The lowest BCUT2D eigenvalue weighted by atomic mass is 10.2. The third-order valence-electron chi connectivity index (χ3n) is 1.63. The molecule has 0 aromatic heterocycles. The average Bonchev–Trinajstić information content (AvgIpc) is 2.19. The van der Waals surface area contributed by atoms with E-state index in [4.69, 9.17) is 20.1 Å². The standard InChI is InChI=1S/C11H24N2O4/c1-11(2,3)17-10(14)4-6-15-8-9-16-7-5-13-12/h13H,4-9,12H2,1-3H3. The Balaban J connectivity index is 3.25. The maximum absolute atomic E-state index is 11.3. The van der Waals surface area contributed by atoms with E-state index in [-0.39, 0.29) is 12.4 Å². The lowest BCUT2D eigenvalue weighted by Gasteiger charge is -2.19. The predicted octanol–water partition coefficient (Wildman–Crippen LogP) is 0.215. The Kier molecular flexibility index (Phi) is 8.97. The maximum atomic E-state index is 11.3. The fraction of sp³-hybridized carbons (Fsp3) is 0.909. The number of hydrazine groups is 1. The summed E-state index contributed by atoms with van der Waals surface area (Å²) in [6, 6.07) is 0.